The number of ether oxygens (including phenoxy) is 3. The molecule has 1 aromatic carbocycles. The number of hydrogen-bond acceptors (Lipinski definition) is 4. The summed E-state index contributed by atoms with van der Waals surface area (Å²) in [5.41, 5.74) is 6.44. The zero-order valence-electron chi connectivity index (χ0n) is 12.8. The lowest BCUT2D eigenvalue weighted by Gasteiger charge is -2.22. The first kappa shape index (κ1) is 15.6. The number of rotatable bonds is 8. The molecule has 1 aliphatic rings. The van der Waals surface area contributed by atoms with Crippen molar-refractivity contribution in [2.24, 2.45) is 11.1 Å². The monoisotopic (exact) mass is 292 g/mol. The molecule has 116 valence electrons. The molecule has 1 heterocycles. The van der Waals surface area contributed by atoms with Crippen LogP contribution in [-0.4, -0.2) is 19.2 Å². The molecule has 3 N–H and O–H groups in total. The third-order valence-electron chi connectivity index (χ3n) is 3.78. The zero-order valence-corrected chi connectivity index (χ0v) is 12.8. The standard InChI is InChI=1S/C16H24N2O3/c1-16(2,15(17)18)7-3-4-8-19-10-12-5-6-13-14(9-12)21-11-20-13/h5-6,9H,3-4,7-8,10-11H2,1-2H3,(H3,17,18). The van der Waals surface area contributed by atoms with E-state index in [2.05, 4.69) is 0 Å². The summed E-state index contributed by atoms with van der Waals surface area (Å²) in [7, 11) is 0. The lowest BCUT2D eigenvalue weighted by Crippen LogP contribution is -2.30. The minimum atomic E-state index is -0.211. The molecule has 2 rings (SSSR count). The maximum absolute atomic E-state index is 7.51. The van der Waals surface area contributed by atoms with Crippen LogP contribution >= 0.6 is 0 Å². The highest BCUT2D eigenvalue weighted by Crippen LogP contribution is 2.32. The molecule has 0 bridgehead atoms. The van der Waals surface area contributed by atoms with Crippen LogP contribution < -0.4 is 15.2 Å². The second-order valence-corrected chi connectivity index (χ2v) is 5.99. The van der Waals surface area contributed by atoms with Crippen LogP contribution in [0.4, 0.5) is 0 Å². The van der Waals surface area contributed by atoms with E-state index in [0.29, 0.717) is 20.0 Å². The normalized spacial score (nSPS) is 13.4. The van der Waals surface area contributed by atoms with Gasteiger partial charge in [0.25, 0.3) is 0 Å². The molecule has 0 aromatic heterocycles. The van der Waals surface area contributed by atoms with Gasteiger partial charge in [0.15, 0.2) is 11.5 Å². The Labute approximate surface area is 125 Å². The third-order valence-corrected chi connectivity index (χ3v) is 3.78. The fourth-order valence-electron chi connectivity index (χ4n) is 2.13. The van der Waals surface area contributed by atoms with Gasteiger partial charge in [0.1, 0.15) is 0 Å². The predicted octanol–water partition coefficient (Wildman–Crippen LogP) is 3.06. The summed E-state index contributed by atoms with van der Waals surface area (Å²) in [4.78, 5) is 0. The van der Waals surface area contributed by atoms with E-state index in [0.717, 1.165) is 36.3 Å². The van der Waals surface area contributed by atoms with E-state index >= 15 is 0 Å². The number of fused-ring (bicyclic) bond motifs is 1. The van der Waals surface area contributed by atoms with Crippen LogP contribution in [-0.2, 0) is 11.3 Å². The molecule has 5 heteroatoms. The second-order valence-electron chi connectivity index (χ2n) is 5.99. The van der Waals surface area contributed by atoms with Crippen LogP contribution in [0, 0.1) is 10.8 Å². The molecule has 5 nitrogen and oxygen atoms in total. The van der Waals surface area contributed by atoms with Gasteiger partial charge in [-0.15, -0.1) is 0 Å². The van der Waals surface area contributed by atoms with Crippen LogP contribution in [0.3, 0.4) is 0 Å². The molecule has 0 unspecified atom stereocenters. The van der Waals surface area contributed by atoms with E-state index in [1.54, 1.807) is 0 Å². The van der Waals surface area contributed by atoms with Gasteiger partial charge in [0.05, 0.1) is 12.4 Å². The molecule has 0 amide bonds. The highest BCUT2D eigenvalue weighted by atomic mass is 16.7. The van der Waals surface area contributed by atoms with Gasteiger partial charge >= 0.3 is 0 Å². The van der Waals surface area contributed by atoms with E-state index in [1.165, 1.54) is 0 Å². The second kappa shape index (κ2) is 6.80. The van der Waals surface area contributed by atoms with Crippen molar-refractivity contribution >= 4 is 5.84 Å². The lowest BCUT2D eigenvalue weighted by molar-refractivity contribution is 0.115. The van der Waals surface area contributed by atoms with Crippen LogP contribution in [0.25, 0.3) is 0 Å². The first-order valence-electron chi connectivity index (χ1n) is 7.30. The smallest absolute Gasteiger partial charge is 0.231 e. The average Bonchev–Trinajstić information content (AvgIpc) is 2.89. The molecule has 0 spiro atoms. The van der Waals surface area contributed by atoms with E-state index in [9.17, 15) is 0 Å². The van der Waals surface area contributed by atoms with Gasteiger partial charge in [-0.05, 0) is 30.5 Å². The summed E-state index contributed by atoms with van der Waals surface area (Å²) in [6.07, 6.45) is 2.89. The first-order chi connectivity index (χ1) is 9.99. The highest BCUT2D eigenvalue weighted by Gasteiger charge is 2.20. The predicted molar refractivity (Wildman–Crippen MR) is 81.8 cm³/mol. The van der Waals surface area contributed by atoms with Crippen LogP contribution in [0.5, 0.6) is 11.5 Å². The van der Waals surface area contributed by atoms with Crippen molar-refractivity contribution in [3.8, 4) is 11.5 Å². The van der Waals surface area contributed by atoms with Crippen LogP contribution in [0.2, 0.25) is 0 Å². The Balaban J connectivity index is 1.63. The molecule has 0 fully saturated rings. The van der Waals surface area contributed by atoms with Gasteiger partial charge in [-0.2, -0.15) is 0 Å². The van der Waals surface area contributed by atoms with Crippen molar-refractivity contribution in [1.29, 1.82) is 5.41 Å². The Morgan fingerprint density at radius 1 is 1.29 bits per heavy atom. The molecule has 0 saturated heterocycles. The summed E-state index contributed by atoms with van der Waals surface area (Å²) in [5, 5.41) is 7.51. The summed E-state index contributed by atoms with van der Waals surface area (Å²) in [5.74, 6) is 1.84. The minimum absolute atomic E-state index is 0.211. The van der Waals surface area contributed by atoms with Crippen molar-refractivity contribution < 1.29 is 14.2 Å². The van der Waals surface area contributed by atoms with Gasteiger partial charge in [0, 0.05) is 12.0 Å². The van der Waals surface area contributed by atoms with Crippen molar-refractivity contribution in [1.82, 2.24) is 0 Å². The van der Waals surface area contributed by atoms with Crippen LogP contribution in [0.15, 0.2) is 18.2 Å². The topological polar surface area (TPSA) is 77.6 Å². The Kier molecular flexibility index (Phi) is 5.07. The van der Waals surface area contributed by atoms with Gasteiger partial charge in [0.2, 0.25) is 6.79 Å². The van der Waals surface area contributed by atoms with Gasteiger partial charge in [-0.25, -0.2) is 0 Å². The molecule has 1 aromatic rings. The maximum Gasteiger partial charge on any atom is 0.231 e. The molecule has 0 saturated carbocycles. The number of hydrogen-bond donors (Lipinski definition) is 2. The molecule has 1 aliphatic heterocycles. The van der Waals surface area contributed by atoms with E-state index in [-0.39, 0.29) is 11.3 Å². The Morgan fingerprint density at radius 2 is 2.05 bits per heavy atom. The number of nitrogens with two attached hydrogens (primary N) is 1. The van der Waals surface area contributed by atoms with E-state index in [1.807, 2.05) is 32.0 Å². The molecular weight excluding hydrogens is 268 g/mol. The molecule has 0 atom stereocenters. The lowest BCUT2D eigenvalue weighted by atomic mass is 9.86. The summed E-state index contributed by atoms with van der Waals surface area (Å²) >= 11 is 0. The van der Waals surface area contributed by atoms with E-state index in [4.69, 9.17) is 25.4 Å². The van der Waals surface area contributed by atoms with Gasteiger partial charge < -0.3 is 19.9 Å². The van der Waals surface area contributed by atoms with Crippen molar-refractivity contribution in [3.63, 3.8) is 0 Å². The summed E-state index contributed by atoms with van der Waals surface area (Å²) in [6, 6.07) is 5.87. The fraction of sp³-hybridized carbons (Fsp3) is 0.562. The van der Waals surface area contributed by atoms with Crippen LogP contribution in [0.1, 0.15) is 38.7 Å². The maximum atomic E-state index is 7.51. The largest absolute Gasteiger partial charge is 0.454 e. The number of benzene rings is 1. The highest BCUT2D eigenvalue weighted by molar-refractivity contribution is 5.82. The van der Waals surface area contributed by atoms with Crippen molar-refractivity contribution in [2.75, 3.05) is 13.4 Å². The molecule has 21 heavy (non-hydrogen) atoms. The average molecular weight is 292 g/mol. The van der Waals surface area contributed by atoms with Gasteiger partial charge in [-0.1, -0.05) is 26.3 Å². The quantitative estimate of drug-likeness (QED) is 0.438. The summed E-state index contributed by atoms with van der Waals surface area (Å²) in [6.45, 7) is 5.59. The molecule has 0 radical (unpaired) electrons. The first-order valence-corrected chi connectivity index (χ1v) is 7.30. The SMILES string of the molecule is CC(C)(CCCCOCc1ccc2c(c1)OCO2)C(=N)N. The van der Waals surface area contributed by atoms with Crippen molar-refractivity contribution in [2.45, 2.75) is 39.7 Å². The zero-order chi connectivity index (χ0) is 15.3. The number of unbranched alkanes of at least 4 members (excludes halogenated alkanes) is 1. The number of amidine groups is 1. The van der Waals surface area contributed by atoms with Crippen molar-refractivity contribution in [3.05, 3.63) is 23.8 Å². The third kappa shape index (κ3) is 4.36. The van der Waals surface area contributed by atoms with Gasteiger partial charge in [-0.3, -0.25) is 5.41 Å². The minimum Gasteiger partial charge on any atom is -0.454 e. The molecular formula is C16H24N2O3. The number of nitrogens with one attached hydrogen (secondary N) is 1. The fourth-order valence-corrected chi connectivity index (χ4v) is 2.13. The van der Waals surface area contributed by atoms with E-state index < -0.39 is 0 Å². The Morgan fingerprint density at radius 3 is 2.81 bits per heavy atom. The Hall–Kier alpha value is -1.75. The summed E-state index contributed by atoms with van der Waals surface area (Å²) < 4.78 is 16.3. The Bertz CT molecular complexity index is 500. The molecule has 0 aliphatic carbocycles.